The molecule has 3 N–H and O–H groups in total. The van der Waals surface area contributed by atoms with Crippen LogP contribution in [0, 0.1) is 0 Å². The first-order valence-electron chi connectivity index (χ1n) is 10.6. The molecule has 1 aliphatic rings. The van der Waals surface area contributed by atoms with Crippen LogP contribution in [0.1, 0.15) is 23.4 Å². The second-order valence-electron chi connectivity index (χ2n) is 6.43. The van der Waals surface area contributed by atoms with Crippen LogP contribution in [0.3, 0.4) is 0 Å². The molecule has 1 aliphatic heterocycles. The van der Waals surface area contributed by atoms with E-state index in [0.29, 0.717) is 48.4 Å². The highest BCUT2D eigenvalue weighted by Gasteiger charge is 2.22. The van der Waals surface area contributed by atoms with Crippen LogP contribution < -0.4 is 25.4 Å². The van der Waals surface area contributed by atoms with Crippen molar-refractivity contribution in [2.24, 2.45) is 0 Å². The fraction of sp³-hybridized carbons (Fsp3) is 0.526. The van der Waals surface area contributed by atoms with Crippen molar-refractivity contribution < 1.29 is 23.1 Å². The number of carbonyl (C=O) groups excluding carboxylic acids is 1. The van der Waals surface area contributed by atoms with Crippen molar-refractivity contribution in [3.8, 4) is 11.5 Å². The van der Waals surface area contributed by atoms with E-state index in [1.165, 1.54) is 14.2 Å². The first-order chi connectivity index (χ1) is 14.7. The van der Waals surface area contributed by atoms with Crippen LogP contribution >= 0.6 is 0 Å². The number of amides is 1. The van der Waals surface area contributed by atoms with Gasteiger partial charge in [0.15, 0.2) is 11.5 Å². The van der Waals surface area contributed by atoms with Gasteiger partial charge in [0.1, 0.15) is 11.9 Å². The molecule has 2 heterocycles. The predicted octanol–water partition coefficient (Wildman–Crippen LogP) is 1.35. The first-order valence-corrected chi connectivity index (χ1v) is 9.10. The number of nitrogens with one attached hydrogen (secondary N) is 1. The number of anilines is 2. The van der Waals surface area contributed by atoms with Crippen molar-refractivity contribution in [2.45, 2.75) is 25.4 Å². The van der Waals surface area contributed by atoms with Gasteiger partial charge in [0, 0.05) is 42.2 Å². The Kier molecular flexibility index (Phi) is 5.15. The molecule has 28 heavy (non-hydrogen) atoms. The zero-order valence-corrected chi connectivity index (χ0v) is 16.0. The van der Waals surface area contributed by atoms with Gasteiger partial charge in [-0.1, -0.05) is 0 Å². The molecule has 1 aromatic carbocycles. The van der Waals surface area contributed by atoms with Gasteiger partial charge < -0.3 is 30.2 Å². The van der Waals surface area contributed by atoms with E-state index >= 15 is 0 Å². The SMILES string of the molecule is [2H][13C]([2H])([2H])N(CCCNC(=O)C1CCCO1)c1nc(N)c2cc(OC)c(OC)cc2n1. The normalized spacial score (nSPS) is 18.2. The molecule has 0 radical (unpaired) electrons. The standard InChI is InChI=1S/C19H27N5O4/c1-24(8-5-7-21-18(25)14-6-4-9-28-14)19-22-13-11-16(27-3)15(26-2)10-12(13)17(20)23-19/h10-11,14H,4-9H2,1-3H3,(H,21,25)(H2,20,22,23)/i1+1D3. The Balaban J connectivity index is 1.77. The number of nitrogens with two attached hydrogens (primary N) is 1. The van der Waals surface area contributed by atoms with Crippen molar-refractivity contribution in [1.82, 2.24) is 15.3 Å². The molecule has 1 fully saturated rings. The van der Waals surface area contributed by atoms with Crippen LogP contribution in [0.2, 0.25) is 0 Å². The molecule has 1 aromatic heterocycles. The summed E-state index contributed by atoms with van der Waals surface area (Å²) in [4.78, 5) is 21.7. The maximum absolute atomic E-state index is 12.0. The Hall–Kier alpha value is -2.81. The summed E-state index contributed by atoms with van der Waals surface area (Å²) in [7, 11) is 3.00. The second kappa shape index (κ2) is 8.92. The topological polar surface area (TPSA) is 112 Å². The fourth-order valence-electron chi connectivity index (χ4n) is 3.03. The molecule has 0 bridgehead atoms. The van der Waals surface area contributed by atoms with Gasteiger partial charge in [0.25, 0.3) is 0 Å². The van der Waals surface area contributed by atoms with E-state index in [-0.39, 0.29) is 24.2 Å². The third-order valence-electron chi connectivity index (χ3n) is 4.54. The second-order valence-corrected chi connectivity index (χ2v) is 6.43. The van der Waals surface area contributed by atoms with Crippen molar-refractivity contribution >= 4 is 28.6 Å². The van der Waals surface area contributed by atoms with Crippen molar-refractivity contribution in [2.75, 3.05) is 51.5 Å². The Morgan fingerprint density at radius 2 is 2.18 bits per heavy atom. The zero-order chi connectivity index (χ0) is 22.6. The monoisotopic (exact) mass is 393 g/mol. The number of nitrogens with zero attached hydrogens (tertiary/aromatic N) is 3. The predicted molar refractivity (Wildman–Crippen MR) is 107 cm³/mol. The minimum Gasteiger partial charge on any atom is -0.493 e. The van der Waals surface area contributed by atoms with Gasteiger partial charge in [-0.25, -0.2) is 4.98 Å². The quantitative estimate of drug-likeness (QED) is 0.511. The molecule has 1 saturated heterocycles. The Morgan fingerprint density at radius 1 is 1.39 bits per heavy atom. The molecule has 9 heteroatoms. The number of ether oxygens (including phenoxy) is 3. The third kappa shape index (κ3) is 4.36. The molecule has 2 aromatic rings. The number of fused-ring (bicyclic) bond motifs is 1. The summed E-state index contributed by atoms with van der Waals surface area (Å²) < 4.78 is 39.6. The lowest BCUT2D eigenvalue weighted by Gasteiger charge is -2.19. The molecule has 152 valence electrons. The smallest absolute Gasteiger partial charge is 0.249 e. The number of rotatable bonds is 8. The summed E-state index contributed by atoms with van der Waals surface area (Å²) in [5.41, 5.74) is 6.52. The number of aromatic nitrogens is 2. The minimum absolute atomic E-state index is 0.0253. The van der Waals surface area contributed by atoms with Crippen LogP contribution in [0.4, 0.5) is 11.8 Å². The lowest BCUT2D eigenvalue weighted by Crippen LogP contribution is -2.36. The Bertz CT molecular complexity index is 935. The van der Waals surface area contributed by atoms with Gasteiger partial charge in [-0.3, -0.25) is 4.79 Å². The van der Waals surface area contributed by atoms with Gasteiger partial charge in [0.05, 0.1) is 19.7 Å². The van der Waals surface area contributed by atoms with Crippen molar-refractivity contribution in [3.63, 3.8) is 0 Å². The summed E-state index contributed by atoms with van der Waals surface area (Å²) in [6.45, 7) is -1.50. The molecule has 0 spiro atoms. The van der Waals surface area contributed by atoms with Crippen molar-refractivity contribution in [1.29, 1.82) is 0 Å². The molecule has 3 rings (SSSR count). The van der Waals surface area contributed by atoms with Crippen LogP contribution in [0.5, 0.6) is 11.5 Å². The molecule has 9 nitrogen and oxygen atoms in total. The minimum atomic E-state index is -2.49. The van der Waals surface area contributed by atoms with Gasteiger partial charge in [0.2, 0.25) is 11.9 Å². The number of hydrogen-bond acceptors (Lipinski definition) is 8. The van der Waals surface area contributed by atoms with E-state index in [4.69, 9.17) is 24.1 Å². The fourth-order valence-corrected chi connectivity index (χ4v) is 3.03. The molecular formula is C19H27N5O4. The van der Waals surface area contributed by atoms with Gasteiger partial charge >= 0.3 is 0 Å². The molecule has 0 saturated carbocycles. The molecule has 1 unspecified atom stereocenters. The number of methoxy groups -OCH3 is 2. The maximum atomic E-state index is 12.0. The van der Waals surface area contributed by atoms with E-state index in [1.807, 2.05) is 0 Å². The van der Waals surface area contributed by atoms with Crippen LogP contribution in [-0.2, 0) is 9.53 Å². The van der Waals surface area contributed by atoms with E-state index in [0.717, 1.165) is 11.3 Å². The Labute approximate surface area is 168 Å². The van der Waals surface area contributed by atoms with E-state index in [9.17, 15) is 4.79 Å². The molecular weight excluding hydrogens is 363 g/mol. The molecule has 1 atom stereocenters. The highest BCUT2D eigenvalue weighted by molar-refractivity contribution is 5.91. The van der Waals surface area contributed by atoms with Gasteiger partial charge in [-0.15, -0.1) is 0 Å². The largest absolute Gasteiger partial charge is 0.493 e. The number of hydrogen-bond donors (Lipinski definition) is 2. The van der Waals surface area contributed by atoms with E-state index < -0.39 is 13.1 Å². The van der Waals surface area contributed by atoms with E-state index in [2.05, 4.69) is 15.3 Å². The highest BCUT2D eigenvalue weighted by atomic mass is 16.5. The summed E-state index contributed by atoms with van der Waals surface area (Å²) >= 11 is 0. The van der Waals surface area contributed by atoms with Crippen LogP contribution in [-0.4, -0.2) is 62.9 Å². The average Bonchev–Trinajstić information content (AvgIpc) is 3.26. The number of nitrogen functional groups attached to an aromatic ring is 1. The summed E-state index contributed by atoms with van der Waals surface area (Å²) in [6.07, 6.45) is 1.52. The summed E-state index contributed by atoms with van der Waals surface area (Å²) in [5, 5.41) is 3.31. The first kappa shape index (κ1) is 16.2. The van der Waals surface area contributed by atoms with Gasteiger partial charge in [-0.05, 0) is 25.3 Å². The maximum Gasteiger partial charge on any atom is 0.249 e. The van der Waals surface area contributed by atoms with Crippen molar-refractivity contribution in [3.05, 3.63) is 12.1 Å². The average molecular weight is 393 g/mol. The highest BCUT2D eigenvalue weighted by Crippen LogP contribution is 2.33. The lowest BCUT2D eigenvalue weighted by atomic mass is 10.2. The summed E-state index contributed by atoms with van der Waals surface area (Å²) in [5.74, 6) is 0.832. The third-order valence-corrected chi connectivity index (χ3v) is 4.54. The number of carbonyl (C=O) groups is 1. The lowest BCUT2D eigenvalue weighted by molar-refractivity contribution is -0.130. The Morgan fingerprint density at radius 3 is 2.86 bits per heavy atom. The zero-order valence-electron chi connectivity index (χ0n) is 19.0. The molecule has 0 aliphatic carbocycles. The number of benzene rings is 1. The summed E-state index contributed by atoms with van der Waals surface area (Å²) in [6, 6.07) is 3.27. The van der Waals surface area contributed by atoms with Crippen LogP contribution in [0.15, 0.2) is 12.1 Å². The molecule has 1 amide bonds. The van der Waals surface area contributed by atoms with Crippen LogP contribution in [0.25, 0.3) is 10.9 Å². The van der Waals surface area contributed by atoms with E-state index in [1.54, 1.807) is 12.1 Å². The van der Waals surface area contributed by atoms with Gasteiger partial charge in [-0.2, -0.15) is 4.98 Å².